The number of fused-ring (bicyclic) bond motifs is 1. The van der Waals surface area contributed by atoms with Crippen LogP contribution in [0.3, 0.4) is 0 Å². The Morgan fingerprint density at radius 2 is 1.69 bits per heavy atom. The lowest BCUT2D eigenvalue weighted by Crippen LogP contribution is -2.42. The Hall–Kier alpha value is -3.23. The van der Waals surface area contributed by atoms with Gasteiger partial charge in [0, 0.05) is 24.2 Å². The third-order valence-electron chi connectivity index (χ3n) is 6.93. The molecule has 13 heteroatoms. The summed E-state index contributed by atoms with van der Waals surface area (Å²) < 4.78 is 88.9. The summed E-state index contributed by atoms with van der Waals surface area (Å²) in [6.07, 6.45) is -0.182. The summed E-state index contributed by atoms with van der Waals surface area (Å²) in [7, 11) is -4.61. The zero-order valence-electron chi connectivity index (χ0n) is 21.2. The molecule has 0 saturated carbocycles. The number of benzene rings is 3. The van der Waals surface area contributed by atoms with Gasteiger partial charge >= 0.3 is 0 Å². The summed E-state index contributed by atoms with van der Waals surface area (Å²) in [5.41, 5.74) is 2.89. The van der Waals surface area contributed by atoms with E-state index < -0.39 is 60.6 Å². The smallest absolute Gasteiger partial charge is 0.262 e. The molecule has 208 valence electrons. The Balaban J connectivity index is 1.54. The van der Waals surface area contributed by atoms with Gasteiger partial charge in [-0.15, -0.1) is 0 Å². The number of hydrogen-bond acceptors (Lipinski definition) is 7. The number of hydrogen-bond donors (Lipinski definition) is 6. The zero-order valence-corrected chi connectivity index (χ0v) is 22.0. The van der Waals surface area contributed by atoms with Crippen molar-refractivity contribution in [3.8, 4) is 11.1 Å². The van der Waals surface area contributed by atoms with Gasteiger partial charge in [0.1, 0.15) is 11.6 Å². The van der Waals surface area contributed by atoms with Crippen LogP contribution in [0, 0.1) is 30.2 Å². The first-order valence-electron chi connectivity index (χ1n) is 12.1. The van der Waals surface area contributed by atoms with Crippen LogP contribution in [-0.2, 0) is 15.6 Å². The largest absolute Gasteiger partial charge is 0.386 e. The minimum Gasteiger partial charge on any atom is -0.386 e. The first-order chi connectivity index (χ1) is 18.3. The second-order valence-corrected chi connectivity index (χ2v) is 11.7. The predicted octanol–water partition coefficient (Wildman–Crippen LogP) is 3.74. The van der Waals surface area contributed by atoms with Gasteiger partial charge in [0.25, 0.3) is 10.0 Å². The van der Waals surface area contributed by atoms with E-state index in [-0.39, 0.29) is 29.0 Å². The molecule has 1 fully saturated rings. The van der Waals surface area contributed by atoms with Crippen LogP contribution < -0.4 is 26.2 Å². The number of halogens is 4. The van der Waals surface area contributed by atoms with Crippen molar-refractivity contribution in [1.29, 1.82) is 0 Å². The molecule has 2 heterocycles. The number of aliphatic hydroxyl groups is 1. The van der Waals surface area contributed by atoms with E-state index in [1.165, 1.54) is 32.9 Å². The molecule has 1 saturated heterocycles. The molecule has 6 N–H and O–H groups in total. The molecule has 3 aromatic rings. The topological polar surface area (TPSA) is 115 Å². The van der Waals surface area contributed by atoms with Gasteiger partial charge < -0.3 is 10.5 Å². The van der Waals surface area contributed by atoms with E-state index in [4.69, 9.17) is 0 Å². The van der Waals surface area contributed by atoms with Crippen LogP contribution in [0.15, 0.2) is 41.3 Å². The van der Waals surface area contributed by atoms with E-state index in [0.29, 0.717) is 5.56 Å². The van der Waals surface area contributed by atoms with Crippen LogP contribution >= 0.6 is 0 Å². The summed E-state index contributed by atoms with van der Waals surface area (Å²) in [5, 5.41) is 16.8. The van der Waals surface area contributed by atoms with E-state index in [1.54, 1.807) is 0 Å². The molecule has 0 aliphatic carbocycles. The van der Waals surface area contributed by atoms with Gasteiger partial charge in [0.2, 0.25) is 0 Å². The maximum Gasteiger partial charge on any atom is 0.262 e. The quantitative estimate of drug-likeness (QED) is 0.253. The van der Waals surface area contributed by atoms with Crippen molar-refractivity contribution in [2.45, 2.75) is 43.5 Å². The molecule has 8 nitrogen and oxygen atoms in total. The van der Waals surface area contributed by atoms with Gasteiger partial charge in [-0.25, -0.2) is 31.4 Å². The minimum absolute atomic E-state index is 0.0192. The van der Waals surface area contributed by atoms with Crippen molar-refractivity contribution in [2.75, 3.05) is 23.2 Å². The monoisotopic (exact) mass is 565 g/mol. The number of rotatable bonds is 6. The summed E-state index contributed by atoms with van der Waals surface area (Å²) in [4.78, 5) is -0.538. The lowest BCUT2D eigenvalue weighted by Gasteiger charge is -2.22. The molecule has 0 bridgehead atoms. The van der Waals surface area contributed by atoms with E-state index in [2.05, 4.69) is 21.5 Å². The number of hydrazine groups is 1. The summed E-state index contributed by atoms with van der Waals surface area (Å²) >= 11 is 0. The molecule has 5 rings (SSSR count). The Labute approximate surface area is 222 Å². The average molecular weight is 566 g/mol. The molecule has 0 spiro atoms. The first-order valence-corrected chi connectivity index (χ1v) is 13.6. The lowest BCUT2D eigenvalue weighted by atomic mass is 9.94. The fraction of sp³-hybridized carbons (Fsp3) is 0.308. The maximum absolute atomic E-state index is 15.7. The molecule has 39 heavy (non-hydrogen) atoms. The Kier molecular flexibility index (Phi) is 6.84. The standard InChI is InChI=1S/C26H27F4N5O3S/c1-12-16(26(2,3)36)10-13(27)11-19(12)39(37,38)35-18-7-6-17(28)20(22(18)30)14-4-5-15-23(21(14)29)33-34-24(15)25-31-8-9-32-25/h4-7,10-11,24-25,31-36H,8-9H2,1-3H3. The molecule has 1 atom stereocenters. The molecular formula is C26H27F4N5O3S. The highest BCUT2D eigenvalue weighted by atomic mass is 32.2. The first kappa shape index (κ1) is 27.3. The summed E-state index contributed by atoms with van der Waals surface area (Å²) in [6.45, 7) is 5.56. The van der Waals surface area contributed by atoms with Gasteiger partial charge in [-0.05, 0) is 56.2 Å². The number of sulfonamides is 1. The van der Waals surface area contributed by atoms with Crippen LogP contribution in [0.1, 0.15) is 36.6 Å². The second kappa shape index (κ2) is 9.75. The van der Waals surface area contributed by atoms with Crippen molar-refractivity contribution < 1.29 is 31.1 Å². The molecule has 3 aromatic carbocycles. The van der Waals surface area contributed by atoms with Crippen LogP contribution in [0.25, 0.3) is 11.1 Å². The maximum atomic E-state index is 15.7. The molecule has 1 unspecified atom stereocenters. The highest BCUT2D eigenvalue weighted by molar-refractivity contribution is 7.92. The molecule has 0 amide bonds. The van der Waals surface area contributed by atoms with Crippen molar-refractivity contribution >= 4 is 21.4 Å². The molecule has 0 aromatic heterocycles. The van der Waals surface area contributed by atoms with Crippen molar-refractivity contribution in [3.05, 3.63) is 76.4 Å². The van der Waals surface area contributed by atoms with Gasteiger partial charge in [-0.1, -0.05) is 12.1 Å². The molecular weight excluding hydrogens is 538 g/mol. The van der Waals surface area contributed by atoms with Gasteiger partial charge in [-0.3, -0.25) is 15.4 Å². The Morgan fingerprint density at radius 3 is 2.36 bits per heavy atom. The fourth-order valence-electron chi connectivity index (χ4n) is 5.07. The molecule has 0 radical (unpaired) electrons. The number of nitrogens with one attached hydrogen (secondary N) is 5. The summed E-state index contributed by atoms with van der Waals surface area (Å²) in [5.74, 6) is -4.31. The van der Waals surface area contributed by atoms with Gasteiger partial charge in [0.15, 0.2) is 11.6 Å². The van der Waals surface area contributed by atoms with E-state index >= 15 is 8.78 Å². The second-order valence-electron chi connectivity index (χ2n) is 10.0. The summed E-state index contributed by atoms with van der Waals surface area (Å²) in [6, 6.07) is 5.84. The van der Waals surface area contributed by atoms with Crippen molar-refractivity contribution in [2.24, 2.45) is 0 Å². The fourth-order valence-corrected chi connectivity index (χ4v) is 6.41. The Bertz CT molecular complexity index is 1570. The average Bonchev–Trinajstić information content (AvgIpc) is 3.53. The lowest BCUT2D eigenvalue weighted by molar-refractivity contribution is 0.0772. The molecule has 2 aliphatic rings. The van der Waals surface area contributed by atoms with Crippen LogP contribution in [0.2, 0.25) is 0 Å². The van der Waals surface area contributed by atoms with Crippen LogP contribution in [-0.4, -0.2) is 32.8 Å². The van der Waals surface area contributed by atoms with Crippen LogP contribution in [0.4, 0.5) is 28.9 Å². The van der Waals surface area contributed by atoms with E-state index in [9.17, 15) is 22.3 Å². The van der Waals surface area contributed by atoms with Crippen molar-refractivity contribution in [1.82, 2.24) is 16.1 Å². The Morgan fingerprint density at radius 1 is 1.00 bits per heavy atom. The van der Waals surface area contributed by atoms with E-state index in [0.717, 1.165) is 37.4 Å². The normalized spacial score (nSPS) is 17.8. The number of anilines is 2. The van der Waals surface area contributed by atoms with Gasteiger partial charge in [0.05, 0.1) is 39.6 Å². The highest BCUT2D eigenvalue weighted by Gasteiger charge is 2.35. The van der Waals surface area contributed by atoms with Crippen LogP contribution in [0.5, 0.6) is 0 Å². The predicted molar refractivity (Wildman–Crippen MR) is 138 cm³/mol. The SMILES string of the molecule is Cc1c(C(C)(C)O)cc(F)cc1S(=O)(=O)Nc1ccc(F)c(-c2ccc3c(c2F)NNC3C2NCCN2)c1F. The van der Waals surface area contributed by atoms with Crippen molar-refractivity contribution in [3.63, 3.8) is 0 Å². The molecule has 2 aliphatic heterocycles. The third kappa shape index (κ3) is 4.85. The third-order valence-corrected chi connectivity index (χ3v) is 8.42. The van der Waals surface area contributed by atoms with E-state index in [1.807, 2.05) is 4.72 Å². The highest BCUT2D eigenvalue weighted by Crippen LogP contribution is 2.40. The van der Waals surface area contributed by atoms with Gasteiger partial charge in [-0.2, -0.15) is 0 Å². The minimum atomic E-state index is -4.61. The zero-order chi connectivity index (χ0) is 28.3.